The molecule has 0 N–H and O–H groups in total. The van der Waals surface area contributed by atoms with Gasteiger partial charge in [-0.2, -0.15) is 0 Å². The third kappa shape index (κ3) is 2.48. The molecule has 0 aliphatic rings. The summed E-state index contributed by atoms with van der Waals surface area (Å²) in [5.74, 6) is 0.523. The summed E-state index contributed by atoms with van der Waals surface area (Å²) in [5.41, 5.74) is 0.596. The van der Waals surface area contributed by atoms with Gasteiger partial charge in [-0.25, -0.2) is 9.78 Å². The van der Waals surface area contributed by atoms with E-state index in [0.717, 1.165) is 0 Å². The lowest BCUT2D eigenvalue weighted by Crippen LogP contribution is -2.02. The first-order valence-corrected chi connectivity index (χ1v) is 6.79. The number of methoxy groups -OCH3 is 1. The molecule has 3 rings (SSSR count). The molecule has 0 bridgehead atoms. The second-order valence-electron chi connectivity index (χ2n) is 4.30. The van der Waals surface area contributed by atoms with Gasteiger partial charge in [-0.3, -0.25) is 0 Å². The predicted octanol–water partition coefficient (Wildman–Crippen LogP) is 4.17. The number of hydrogen-bond donors (Lipinski definition) is 0. The Bertz CT molecular complexity index is 866. The minimum Gasteiger partial charge on any atom is -0.494 e. The van der Waals surface area contributed by atoms with Gasteiger partial charge in [0.25, 0.3) is 0 Å². The van der Waals surface area contributed by atoms with Gasteiger partial charge in [-0.05, 0) is 24.3 Å². The Kier molecular flexibility index (Phi) is 3.57. The molecule has 1 heterocycles. The van der Waals surface area contributed by atoms with E-state index in [9.17, 15) is 4.79 Å². The molecule has 0 unspecified atom stereocenters. The van der Waals surface area contributed by atoms with Crippen molar-refractivity contribution in [3.63, 3.8) is 0 Å². The van der Waals surface area contributed by atoms with Gasteiger partial charge in [0.1, 0.15) is 0 Å². The minimum atomic E-state index is -0.460. The number of benzene rings is 2. The molecule has 3 aromatic rings. The van der Waals surface area contributed by atoms with Crippen molar-refractivity contribution >= 4 is 34.1 Å². The van der Waals surface area contributed by atoms with Crippen molar-refractivity contribution in [2.24, 2.45) is 0 Å². The highest BCUT2D eigenvalue weighted by Gasteiger charge is 2.13. The molecule has 1 aromatic heterocycles. The van der Waals surface area contributed by atoms with Gasteiger partial charge in [0, 0.05) is 5.56 Å². The van der Waals surface area contributed by atoms with E-state index < -0.39 is 5.63 Å². The van der Waals surface area contributed by atoms with E-state index in [1.165, 1.54) is 7.11 Å². The average Bonchev–Trinajstić information content (AvgIpc) is 2.47. The third-order valence-electron chi connectivity index (χ3n) is 2.98. The molecule has 0 aliphatic heterocycles. The summed E-state index contributed by atoms with van der Waals surface area (Å²) in [7, 11) is 1.47. The van der Waals surface area contributed by atoms with Crippen molar-refractivity contribution in [2.75, 3.05) is 7.11 Å². The number of ether oxygens (including phenoxy) is 1. The zero-order valence-corrected chi connectivity index (χ0v) is 12.4. The standard InChI is InChI=1S/C15H9Cl2NO3/c1-20-13-10(16)6-8(7-11(13)17)14-18-12-5-3-2-4-9(12)15(19)21-14/h2-7H,1H3. The van der Waals surface area contributed by atoms with Crippen LogP contribution in [0.15, 0.2) is 45.6 Å². The predicted molar refractivity (Wildman–Crippen MR) is 82.3 cm³/mol. The van der Waals surface area contributed by atoms with Crippen LogP contribution in [0.1, 0.15) is 0 Å². The fraction of sp³-hybridized carbons (Fsp3) is 0.0667. The monoisotopic (exact) mass is 321 g/mol. The normalized spacial score (nSPS) is 10.8. The molecule has 2 aromatic carbocycles. The molecule has 4 nitrogen and oxygen atoms in total. The van der Waals surface area contributed by atoms with Gasteiger partial charge in [0.15, 0.2) is 5.75 Å². The zero-order chi connectivity index (χ0) is 15.0. The smallest absolute Gasteiger partial charge is 0.347 e. The summed E-state index contributed by atoms with van der Waals surface area (Å²) in [6, 6.07) is 10.1. The van der Waals surface area contributed by atoms with Crippen LogP contribution in [-0.4, -0.2) is 12.1 Å². The molecule has 0 atom stereocenters. The number of para-hydroxylation sites is 1. The van der Waals surface area contributed by atoms with Crippen molar-refractivity contribution in [3.05, 3.63) is 56.9 Å². The fourth-order valence-corrected chi connectivity index (χ4v) is 2.66. The van der Waals surface area contributed by atoms with Crippen LogP contribution in [0, 0.1) is 0 Å². The van der Waals surface area contributed by atoms with Crippen molar-refractivity contribution in [2.45, 2.75) is 0 Å². The first-order chi connectivity index (χ1) is 10.1. The van der Waals surface area contributed by atoms with Crippen LogP contribution in [-0.2, 0) is 0 Å². The van der Waals surface area contributed by atoms with E-state index in [1.54, 1.807) is 36.4 Å². The van der Waals surface area contributed by atoms with Crippen LogP contribution < -0.4 is 10.4 Å². The highest BCUT2D eigenvalue weighted by atomic mass is 35.5. The van der Waals surface area contributed by atoms with Crippen LogP contribution in [0.2, 0.25) is 10.0 Å². The number of halogens is 2. The van der Waals surface area contributed by atoms with Crippen LogP contribution >= 0.6 is 23.2 Å². The highest BCUT2D eigenvalue weighted by Crippen LogP contribution is 2.36. The van der Waals surface area contributed by atoms with E-state index in [1.807, 2.05) is 0 Å². The Morgan fingerprint density at radius 1 is 1.14 bits per heavy atom. The van der Waals surface area contributed by atoms with E-state index in [4.69, 9.17) is 32.4 Å². The lowest BCUT2D eigenvalue weighted by molar-refractivity contribution is 0.415. The van der Waals surface area contributed by atoms with Crippen LogP contribution in [0.25, 0.3) is 22.4 Å². The maximum Gasteiger partial charge on any atom is 0.347 e. The van der Waals surface area contributed by atoms with Gasteiger partial charge in [-0.1, -0.05) is 35.3 Å². The van der Waals surface area contributed by atoms with E-state index in [-0.39, 0.29) is 5.89 Å². The summed E-state index contributed by atoms with van der Waals surface area (Å²) in [4.78, 5) is 16.3. The lowest BCUT2D eigenvalue weighted by Gasteiger charge is -2.08. The lowest BCUT2D eigenvalue weighted by atomic mass is 10.2. The summed E-state index contributed by atoms with van der Waals surface area (Å²) in [6.45, 7) is 0. The second kappa shape index (κ2) is 5.39. The zero-order valence-electron chi connectivity index (χ0n) is 10.9. The maximum absolute atomic E-state index is 12.0. The molecule has 0 saturated heterocycles. The molecule has 0 amide bonds. The van der Waals surface area contributed by atoms with Crippen LogP contribution in [0.4, 0.5) is 0 Å². The number of aromatic nitrogens is 1. The molecule has 0 radical (unpaired) electrons. The van der Waals surface area contributed by atoms with Gasteiger partial charge in [-0.15, -0.1) is 0 Å². The van der Waals surface area contributed by atoms with E-state index in [2.05, 4.69) is 4.98 Å². The molecule has 106 valence electrons. The molecular weight excluding hydrogens is 313 g/mol. The number of rotatable bonds is 2. The molecule has 6 heteroatoms. The topological polar surface area (TPSA) is 52.3 Å². The molecule has 0 saturated carbocycles. The van der Waals surface area contributed by atoms with Crippen molar-refractivity contribution in [3.8, 4) is 17.2 Å². The molecule has 21 heavy (non-hydrogen) atoms. The average molecular weight is 322 g/mol. The number of hydrogen-bond acceptors (Lipinski definition) is 4. The fourth-order valence-electron chi connectivity index (χ4n) is 2.02. The maximum atomic E-state index is 12.0. The number of nitrogens with zero attached hydrogens (tertiary/aromatic N) is 1. The summed E-state index contributed by atoms with van der Waals surface area (Å²) in [6.07, 6.45) is 0. The van der Waals surface area contributed by atoms with Crippen molar-refractivity contribution < 1.29 is 9.15 Å². The second-order valence-corrected chi connectivity index (χ2v) is 5.11. The SMILES string of the molecule is COc1c(Cl)cc(-c2nc3ccccc3c(=O)o2)cc1Cl. The molecular formula is C15H9Cl2NO3. The summed E-state index contributed by atoms with van der Waals surface area (Å²) < 4.78 is 10.3. The third-order valence-corrected chi connectivity index (χ3v) is 3.55. The number of fused-ring (bicyclic) bond motifs is 1. The van der Waals surface area contributed by atoms with Crippen molar-refractivity contribution in [1.82, 2.24) is 4.98 Å². The first kappa shape index (κ1) is 13.9. The summed E-state index contributed by atoms with van der Waals surface area (Å²) in [5, 5.41) is 1.06. The van der Waals surface area contributed by atoms with Crippen LogP contribution in [0.5, 0.6) is 5.75 Å². The van der Waals surface area contributed by atoms with Gasteiger partial charge in [0.2, 0.25) is 5.89 Å². The van der Waals surface area contributed by atoms with E-state index in [0.29, 0.717) is 32.3 Å². The Morgan fingerprint density at radius 3 is 2.48 bits per heavy atom. The van der Waals surface area contributed by atoms with E-state index >= 15 is 0 Å². The Balaban J connectivity index is 2.23. The largest absolute Gasteiger partial charge is 0.494 e. The Hall–Kier alpha value is -2.04. The molecule has 0 fully saturated rings. The molecule has 0 aliphatic carbocycles. The molecule has 0 spiro atoms. The first-order valence-electron chi connectivity index (χ1n) is 6.03. The highest BCUT2D eigenvalue weighted by molar-refractivity contribution is 6.37. The Labute approximate surface area is 129 Å². The summed E-state index contributed by atoms with van der Waals surface area (Å²) >= 11 is 12.2. The minimum absolute atomic E-state index is 0.158. The van der Waals surface area contributed by atoms with Crippen LogP contribution in [0.3, 0.4) is 0 Å². The van der Waals surface area contributed by atoms with Gasteiger partial charge >= 0.3 is 5.63 Å². The van der Waals surface area contributed by atoms with Gasteiger partial charge < -0.3 is 9.15 Å². The quantitative estimate of drug-likeness (QED) is 0.710. The van der Waals surface area contributed by atoms with Gasteiger partial charge in [0.05, 0.1) is 28.1 Å². The van der Waals surface area contributed by atoms with Crippen molar-refractivity contribution in [1.29, 1.82) is 0 Å². The Morgan fingerprint density at radius 2 is 1.81 bits per heavy atom.